The second-order valence-corrected chi connectivity index (χ2v) is 9.07. The summed E-state index contributed by atoms with van der Waals surface area (Å²) in [5.41, 5.74) is 0. The Balaban J connectivity index is 1.46. The van der Waals surface area contributed by atoms with Crippen molar-refractivity contribution < 1.29 is 9.53 Å². The maximum Gasteiger partial charge on any atom is 0.226 e. The number of hydrogen-bond acceptors (Lipinski definition) is 3. The van der Waals surface area contributed by atoms with Gasteiger partial charge in [0.25, 0.3) is 0 Å². The normalized spacial score (nSPS) is 18.2. The quantitative estimate of drug-likeness (QED) is 0.428. The summed E-state index contributed by atoms with van der Waals surface area (Å²) in [6.07, 6.45) is 13.6. The molecule has 1 aromatic carbocycles. The van der Waals surface area contributed by atoms with Crippen molar-refractivity contribution in [1.29, 1.82) is 0 Å². The van der Waals surface area contributed by atoms with E-state index in [-0.39, 0.29) is 5.91 Å². The minimum absolute atomic E-state index is 0.00803. The van der Waals surface area contributed by atoms with Gasteiger partial charge in [0, 0.05) is 23.5 Å². The van der Waals surface area contributed by atoms with Gasteiger partial charge in [0.1, 0.15) is 5.75 Å². The largest absolute Gasteiger partial charge is 0.494 e. The molecule has 6 heteroatoms. The summed E-state index contributed by atoms with van der Waals surface area (Å²) in [4.78, 5) is 14.9. The van der Waals surface area contributed by atoms with Gasteiger partial charge in [-0.25, -0.2) is 0 Å². The molecule has 2 saturated carbocycles. The molecular weight excluding hydrogens is 404 g/mol. The van der Waals surface area contributed by atoms with Gasteiger partial charge in [-0.3, -0.25) is 4.79 Å². The molecule has 0 aromatic heterocycles. The molecule has 2 fully saturated rings. The molecule has 0 spiro atoms. The van der Waals surface area contributed by atoms with E-state index >= 15 is 0 Å². The van der Waals surface area contributed by atoms with Crippen LogP contribution in [-0.2, 0) is 4.79 Å². The fourth-order valence-electron chi connectivity index (χ4n) is 4.55. The SMILES string of the molecule is O=C(CCCOc1ccc(Cl)cc1)NC(=S)N(C1CCCCC1)C1CCCCC1. The third-order valence-electron chi connectivity index (χ3n) is 6.05. The van der Waals surface area contributed by atoms with Crippen LogP contribution in [0.25, 0.3) is 0 Å². The zero-order chi connectivity index (χ0) is 20.5. The highest BCUT2D eigenvalue weighted by Crippen LogP contribution is 2.30. The Bertz CT molecular complexity index is 637. The first-order valence-electron chi connectivity index (χ1n) is 11.1. The molecule has 0 unspecified atom stereocenters. The Labute approximate surface area is 185 Å². The molecule has 3 rings (SSSR count). The Kier molecular flexibility index (Phi) is 9.06. The van der Waals surface area contributed by atoms with E-state index in [0.29, 0.717) is 41.7 Å². The Morgan fingerprint density at radius 3 is 2.10 bits per heavy atom. The van der Waals surface area contributed by atoms with Crippen molar-refractivity contribution in [2.24, 2.45) is 0 Å². The van der Waals surface area contributed by atoms with Gasteiger partial charge in [0.15, 0.2) is 5.11 Å². The lowest BCUT2D eigenvalue weighted by atomic mass is 9.89. The smallest absolute Gasteiger partial charge is 0.226 e. The minimum Gasteiger partial charge on any atom is -0.494 e. The van der Waals surface area contributed by atoms with E-state index < -0.39 is 0 Å². The summed E-state index contributed by atoms with van der Waals surface area (Å²) < 4.78 is 5.67. The molecule has 0 aliphatic heterocycles. The van der Waals surface area contributed by atoms with Crippen molar-refractivity contribution in [3.63, 3.8) is 0 Å². The van der Waals surface area contributed by atoms with Crippen molar-refractivity contribution in [1.82, 2.24) is 10.2 Å². The standard InChI is InChI=1S/C23H33ClN2O2S/c24-18-13-15-21(16-14-18)28-17-7-12-22(27)25-23(29)26(19-8-3-1-4-9-19)20-10-5-2-6-11-20/h13-16,19-20H,1-12,17H2,(H,25,27,29). The Hall–Kier alpha value is -1.33. The molecule has 29 heavy (non-hydrogen) atoms. The number of carbonyl (C=O) groups excluding carboxylic acids is 1. The first-order valence-corrected chi connectivity index (χ1v) is 11.9. The van der Waals surface area contributed by atoms with Crippen LogP contribution in [0.15, 0.2) is 24.3 Å². The molecule has 2 aliphatic carbocycles. The van der Waals surface area contributed by atoms with Gasteiger partial charge in [-0.05, 0) is 68.6 Å². The highest BCUT2D eigenvalue weighted by molar-refractivity contribution is 7.80. The van der Waals surface area contributed by atoms with Crippen LogP contribution >= 0.6 is 23.8 Å². The summed E-state index contributed by atoms with van der Waals surface area (Å²) in [5, 5.41) is 4.36. The number of ether oxygens (including phenoxy) is 1. The van der Waals surface area contributed by atoms with Gasteiger partial charge in [-0.15, -0.1) is 0 Å². The minimum atomic E-state index is -0.00803. The maximum absolute atomic E-state index is 12.5. The lowest BCUT2D eigenvalue weighted by Crippen LogP contribution is -2.53. The monoisotopic (exact) mass is 436 g/mol. The molecule has 0 saturated heterocycles. The molecule has 2 aliphatic rings. The maximum atomic E-state index is 12.5. The predicted octanol–water partition coefficient (Wildman–Crippen LogP) is 5.87. The first kappa shape index (κ1) is 22.4. The summed E-state index contributed by atoms with van der Waals surface area (Å²) in [6.45, 7) is 0.497. The van der Waals surface area contributed by atoms with Crippen LogP contribution in [0.4, 0.5) is 0 Å². The van der Waals surface area contributed by atoms with Crippen molar-refractivity contribution in [3.05, 3.63) is 29.3 Å². The highest BCUT2D eigenvalue weighted by atomic mass is 35.5. The number of amides is 1. The summed E-state index contributed by atoms with van der Waals surface area (Å²) in [6, 6.07) is 8.26. The van der Waals surface area contributed by atoms with Crippen LogP contribution in [-0.4, -0.2) is 34.6 Å². The van der Waals surface area contributed by atoms with Gasteiger partial charge in [-0.1, -0.05) is 50.1 Å². The fraction of sp³-hybridized carbons (Fsp3) is 0.652. The van der Waals surface area contributed by atoms with Crippen molar-refractivity contribution in [2.75, 3.05) is 6.61 Å². The van der Waals surface area contributed by atoms with Crippen LogP contribution in [0.5, 0.6) is 5.75 Å². The summed E-state index contributed by atoms with van der Waals surface area (Å²) >= 11 is 11.6. The second kappa shape index (κ2) is 11.8. The molecule has 1 amide bonds. The van der Waals surface area contributed by atoms with Crippen LogP contribution < -0.4 is 10.1 Å². The molecule has 0 atom stereocenters. The van der Waals surface area contributed by atoms with Crippen molar-refractivity contribution >= 4 is 34.8 Å². The van der Waals surface area contributed by atoms with Gasteiger partial charge >= 0.3 is 0 Å². The molecule has 160 valence electrons. The van der Waals surface area contributed by atoms with Gasteiger partial charge in [-0.2, -0.15) is 0 Å². The van der Waals surface area contributed by atoms with Crippen molar-refractivity contribution in [3.8, 4) is 5.75 Å². The molecular formula is C23H33ClN2O2S. The molecule has 4 nitrogen and oxygen atoms in total. The summed E-state index contributed by atoms with van der Waals surface area (Å²) in [7, 11) is 0. The number of benzene rings is 1. The van der Waals surface area contributed by atoms with Crippen molar-refractivity contribution in [2.45, 2.75) is 89.1 Å². The van der Waals surface area contributed by atoms with Crippen LogP contribution in [0.1, 0.15) is 77.0 Å². The Morgan fingerprint density at radius 1 is 1.00 bits per heavy atom. The molecule has 1 aromatic rings. The molecule has 1 N–H and O–H groups in total. The number of nitrogens with one attached hydrogen (secondary N) is 1. The lowest BCUT2D eigenvalue weighted by Gasteiger charge is -2.43. The average molecular weight is 437 g/mol. The lowest BCUT2D eigenvalue weighted by molar-refractivity contribution is -0.120. The average Bonchev–Trinajstić information content (AvgIpc) is 2.74. The number of nitrogens with zero attached hydrogens (tertiary/aromatic N) is 1. The van der Waals surface area contributed by atoms with E-state index in [1.54, 1.807) is 12.1 Å². The summed E-state index contributed by atoms with van der Waals surface area (Å²) in [5.74, 6) is 0.762. The van der Waals surface area contributed by atoms with Crippen LogP contribution in [0.3, 0.4) is 0 Å². The van der Waals surface area contributed by atoms with E-state index in [1.807, 2.05) is 12.1 Å². The number of thiocarbonyl (C=S) groups is 1. The van der Waals surface area contributed by atoms with E-state index in [1.165, 1.54) is 64.2 Å². The van der Waals surface area contributed by atoms with E-state index in [2.05, 4.69) is 10.2 Å². The highest BCUT2D eigenvalue weighted by Gasteiger charge is 2.31. The third kappa shape index (κ3) is 7.14. The number of carbonyl (C=O) groups is 1. The number of halogens is 1. The molecule has 0 radical (unpaired) electrons. The number of rotatable bonds is 7. The number of hydrogen-bond donors (Lipinski definition) is 1. The van der Waals surface area contributed by atoms with E-state index in [0.717, 1.165) is 5.75 Å². The zero-order valence-electron chi connectivity index (χ0n) is 17.2. The fourth-order valence-corrected chi connectivity index (χ4v) is 5.09. The predicted molar refractivity (Wildman–Crippen MR) is 123 cm³/mol. The van der Waals surface area contributed by atoms with E-state index in [4.69, 9.17) is 28.6 Å². The van der Waals surface area contributed by atoms with Gasteiger partial charge < -0.3 is 15.0 Å². The topological polar surface area (TPSA) is 41.6 Å². The zero-order valence-corrected chi connectivity index (χ0v) is 18.8. The Morgan fingerprint density at radius 2 is 1.55 bits per heavy atom. The third-order valence-corrected chi connectivity index (χ3v) is 6.61. The van der Waals surface area contributed by atoms with Gasteiger partial charge in [0.05, 0.1) is 6.61 Å². The van der Waals surface area contributed by atoms with Crippen LogP contribution in [0.2, 0.25) is 5.02 Å². The second-order valence-electron chi connectivity index (χ2n) is 8.25. The molecule has 0 bridgehead atoms. The van der Waals surface area contributed by atoms with E-state index in [9.17, 15) is 4.79 Å². The molecule has 0 heterocycles. The first-order chi connectivity index (χ1) is 14.1. The van der Waals surface area contributed by atoms with Gasteiger partial charge in [0.2, 0.25) is 5.91 Å². The van der Waals surface area contributed by atoms with Crippen LogP contribution in [0, 0.1) is 0 Å².